The zero-order valence-electron chi connectivity index (χ0n) is 13.6. The Balaban J connectivity index is 1.98. The summed E-state index contributed by atoms with van der Waals surface area (Å²) in [5.41, 5.74) is 3.21. The maximum absolute atomic E-state index is 13.1. The smallest absolute Gasteiger partial charge is 0.256 e. The van der Waals surface area contributed by atoms with Crippen molar-refractivity contribution >= 4 is 20.9 Å². The molecule has 4 rings (SSSR count). The first-order valence-electron chi connectivity index (χ1n) is 7.91. The molecule has 0 atom stereocenters. The quantitative estimate of drug-likeness (QED) is 0.556. The molecule has 0 aliphatic heterocycles. The summed E-state index contributed by atoms with van der Waals surface area (Å²) < 4.78 is 27.6. The zero-order valence-corrected chi connectivity index (χ0v) is 14.4. The van der Waals surface area contributed by atoms with E-state index < -0.39 is 10.0 Å². The number of nitrogens with zero attached hydrogens (tertiary/aromatic N) is 2. The highest BCUT2D eigenvalue weighted by molar-refractivity contribution is 7.90. The summed E-state index contributed by atoms with van der Waals surface area (Å²) in [6, 6.07) is 20.0. The molecule has 124 valence electrons. The third kappa shape index (κ3) is 2.62. The van der Waals surface area contributed by atoms with Crippen LogP contribution in [-0.4, -0.2) is 17.4 Å². The van der Waals surface area contributed by atoms with Crippen LogP contribution in [0.25, 0.3) is 22.2 Å². The van der Waals surface area contributed by atoms with Crippen LogP contribution in [0, 0.1) is 6.92 Å². The molecule has 2 aromatic carbocycles. The lowest BCUT2D eigenvalue weighted by molar-refractivity contribution is 0.589. The maximum atomic E-state index is 13.1. The number of para-hydroxylation sites is 1. The highest BCUT2D eigenvalue weighted by atomic mass is 32.2. The van der Waals surface area contributed by atoms with Gasteiger partial charge in [0.15, 0.2) is 0 Å². The highest BCUT2D eigenvalue weighted by Gasteiger charge is 2.21. The van der Waals surface area contributed by atoms with E-state index in [0.717, 1.165) is 22.2 Å². The van der Waals surface area contributed by atoms with Gasteiger partial charge < -0.3 is 0 Å². The lowest BCUT2D eigenvalue weighted by atomic mass is 10.1. The van der Waals surface area contributed by atoms with Crippen LogP contribution in [0.5, 0.6) is 0 Å². The molecular weight excluding hydrogens is 332 g/mol. The average Bonchev–Trinajstić information content (AvgIpc) is 3.03. The summed E-state index contributed by atoms with van der Waals surface area (Å²) in [5.74, 6) is 0. The number of benzene rings is 2. The maximum Gasteiger partial charge on any atom is 0.268 e. The van der Waals surface area contributed by atoms with Gasteiger partial charge in [-0.3, -0.25) is 4.98 Å². The van der Waals surface area contributed by atoms with E-state index in [4.69, 9.17) is 0 Å². The van der Waals surface area contributed by atoms with Crippen LogP contribution in [0.3, 0.4) is 0 Å². The van der Waals surface area contributed by atoms with E-state index in [1.165, 1.54) is 3.97 Å². The second-order valence-corrected chi connectivity index (χ2v) is 7.70. The van der Waals surface area contributed by atoms with Gasteiger partial charge in [-0.1, -0.05) is 42.0 Å². The van der Waals surface area contributed by atoms with Gasteiger partial charge in [0.2, 0.25) is 0 Å². The van der Waals surface area contributed by atoms with Crippen LogP contribution in [0.1, 0.15) is 5.56 Å². The first kappa shape index (κ1) is 15.6. The van der Waals surface area contributed by atoms with E-state index in [0.29, 0.717) is 5.52 Å². The number of aryl methyl sites for hydroxylation is 1. The normalized spacial score (nSPS) is 11.7. The molecule has 25 heavy (non-hydrogen) atoms. The van der Waals surface area contributed by atoms with E-state index in [2.05, 4.69) is 4.98 Å². The molecule has 4 nitrogen and oxygen atoms in total. The van der Waals surface area contributed by atoms with Gasteiger partial charge in [0.05, 0.1) is 16.1 Å². The fourth-order valence-electron chi connectivity index (χ4n) is 2.90. The van der Waals surface area contributed by atoms with Gasteiger partial charge in [-0.15, -0.1) is 0 Å². The van der Waals surface area contributed by atoms with Crippen LogP contribution >= 0.6 is 0 Å². The first-order valence-corrected chi connectivity index (χ1v) is 9.35. The van der Waals surface area contributed by atoms with Gasteiger partial charge in [-0.25, -0.2) is 12.4 Å². The number of pyridine rings is 1. The SMILES string of the molecule is Cc1ccc(S(=O)(=O)n2cc(-c3ccccn3)c3ccccc32)cc1. The molecule has 0 radical (unpaired) electrons. The van der Waals surface area contributed by atoms with Crippen molar-refractivity contribution in [3.63, 3.8) is 0 Å². The average molecular weight is 348 g/mol. The zero-order chi connectivity index (χ0) is 17.4. The summed E-state index contributed by atoms with van der Waals surface area (Å²) in [6.07, 6.45) is 3.36. The third-order valence-corrected chi connectivity index (χ3v) is 5.88. The minimum Gasteiger partial charge on any atom is -0.256 e. The van der Waals surface area contributed by atoms with Gasteiger partial charge in [-0.2, -0.15) is 0 Å². The fourth-order valence-corrected chi connectivity index (χ4v) is 4.27. The van der Waals surface area contributed by atoms with E-state index in [9.17, 15) is 8.42 Å². The van der Waals surface area contributed by atoms with E-state index in [1.54, 1.807) is 36.7 Å². The number of aromatic nitrogens is 2. The largest absolute Gasteiger partial charge is 0.268 e. The van der Waals surface area contributed by atoms with Gasteiger partial charge in [0.25, 0.3) is 10.0 Å². The van der Waals surface area contributed by atoms with E-state index in [1.807, 2.05) is 49.4 Å². The van der Waals surface area contributed by atoms with Crippen LogP contribution in [0.15, 0.2) is 84.0 Å². The summed E-state index contributed by atoms with van der Waals surface area (Å²) in [6.45, 7) is 1.93. The second kappa shape index (κ2) is 5.86. The molecule has 0 aliphatic rings. The summed E-state index contributed by atoms with van der Waals surface area (Å²) in [7, 11) is -3.68. The minimum atomic E-state index is -3.68. The molecule has 2 aromatic heterocycles. The Labute approximate surface area is 146 Å². The number of hydrogen-bond donors (Lipinski definition) is 0. The highest BCUT2D eigenvalue weighted by Crippen LogP contribution is 2.31. The van der Waals surface area contributed by atoms with Crippen molar-refractivity contribution in [2.45, 2.75) is 11.8 Å². The molecule has 0 fully saturated rings. The van der Waals surface area contributed by atoms with Crippen LogP contribution < -0.4 is 0 Å². The van der Waals surface area contributed by atoms with E-state index in [-0.39, 0.29) is 4.90 Å². The fraction of sp³-hybridized carbons (Fsp3) is 0.0500. The number of fused-ring (bicyclic) bond motifs is 1. The van der Waals surface area contributed by atoms with E-state index >= 15 is 0 Å². The standard InChI is InChI=1S/C20H16N2O2S/c1-15-9-11-16(12-10-15)25(23,24)22-14-18(19-7-4-5-13-21-19)17-6-2-3-8-20(17)22/h2-14H,1H3. The summed E-state index contributed by atoms with van der Waals surface area (Å²) in [4.78, 5) is 4.64. The van der Waals surface area contributed by atoms with Crippen molar-refractivity contribution in [3.05, 3.63) is 84.7 Å². The molecule has 0 saturated carbocycles. The molecule has 4 aromatic rings. The van der Waals surface area contributed by atoms with Crippen molar-refractivity contribution in [2.75, 3.05) is 0 Å². The predicted octanol–water partition coefficient (Wildman–Crippen LogP) is 4.25. The predicted molar refractivity (Wildman–Crippen MR) is 98.9 cm³/mol. The van der Waals surface area contributed by atoms with Crippen molar-refractivity contribution in [1.29, 1.82) is 0 Å². The monoisotopic (exact) mass is 348 g/mol. The lowest BCUT2D eigenvalue weighted by Gasteiger charge is -2.07. The van der Waals surface area contributed by atoms with Crippen LogP contribution in [-0.2, 0) is 10.0 Å². The Morgan fingerprint density at radius 1 is 0.880 bits per heavy atom. The Hall–Kier alpha value is -2.92. The molecule has 0 spiro atoms. The van der Waals surface area contributed by atoms with Crippen molar-refractivity contribution < 1.29 is 8.42 Å². The second-order valence-electron chi connectivity index (χ2n) is 5.89. The minimum absolute atomic E-state index is 0.270. The Bertz CT molecular complexity index is 1150. The molecule has 2 heterocycles. The van der Waals surface area contributed by atoms with Crippen molar-refractivity contribution in [3.8, 4) is 11.3 Å². The summed E-state index contributed by atoms with van der Waals surface area (Å²) >= 11 is 0. The molecule has 0 bridgehead atoms. The van der Waals surface area contributed by atoms with Gasteiger partial charge in [0, 0.05) is 23.3 Å². The lowest BCUT2D eigenvalue weighted by Crippen LogP contribution is -2.11. The van der Waals surface area contributed by atoms with Crippen LogP contribution in [0.2, 0.25) is 0 Å². The van der Waals surface area contributed by atoms with Crippen molar-refractivity contribution in [1.82, 2.24) is 8.96 Å². The summed E-state index contributed by atoms with van der Waals surface area (Å²) in [5, 5.41) is 0.858. The Morgan fingerprint density at radius 2 is 1.60 bits per heavy atom. The molecule has 0 saturated heterocycles. The number of hydrogen-bond acceptors (Lipinski definition) is 3. The molecule has 0 aliphatic carbocycles. The Morgan fingerprint density at radius 3 is 2.32 bits per heavy atom. The molecule has 0 unspecified atom stereocenters. The van der Waals surface area contributed by atoms with Gasteiger partial charge in [0.1, 0.15) is 0 Å². The van der Waals surface area contributed by atoms with Crippen LogP contribution in [0.4, 0.5) is 0 Å². The number of rotatable bonds is 3. The molecular formula is C20H16N2O2S. The molecule has 5 heteroatoms. The van der Waals surface area contributed by atoms with Gasteiger partial charge >= 0.3 is 0 Å². The Kier molecular flexibility index (Phi) is 3.66. The molecule has 0 amide bonds. The first-order chi connectivity index (χ1) is 12.1. The molecule has 0 N–H and O–H groups in total. The third-order valence-electron chi connectivity index (χ3n) is 4.20. The topological polar surface area (TPSA) is 52.0 Å². The van der Waals surface area contributed by atoms with Gasteiger partial charge in [-0.05, 0) is 37.3 Å². The van der Waals surface area contributed by atoms with Crippen molar-refractivity contribution in [2.24, 2.45) is 0 Å².